The van der Waals surface area contributed by atoms with E-state index in [0.29, 0.717) is 6.61 Å². The Morgan fingerprint density at radius 3 is 2.86 bits per heavy atom. The van der Waals surface area contributed by atoms with E-state index in [1.807, 2.05) is 24.3 Å². The van der Waals surface area contributed by atoms with Crippen LogP contribution in [0.15, 0.2) is 48.5 Å². The van der Waals surface area contributed by atoms with Crippen molar-refractivity contribution in [3.63, 3.8) is 0 Å². The second-order valence-electron chi connectivity index (χ2n) is 7.83. The van der Waals surface area contributed by atoms with Crippen molar-refractivity contribution in [1.82, 2.24) is 5.32 Å². The summed E-state index contributed by atoms with van der Waals surface area (Å²) in [5.74, 6) is 0.172. The summed E-state index contributed by atoms with van der Waals surface area (Å²) in [5.41, 5.74) is 2.87. The Labute approximate surface area is 165 Å². The molecule has 2 aromatic rings. The van der Waals surface area contributed by atoms with Crippen LogP contribution in [0.5, 0.6) is 5.75 Å². The van der Waals surface area contributed by atoms with Gasteiger partial charge in [0.1, 0.15) is 5.75 Å². The highest BCUT2D eigenvalue weighted by Crippen LogP contribution is 2.49. The molecule has 2 fully saturated rings. The minimum atomic E-state index is -0.823. The third-order valence-electron chi connectivity index (χ3n) is 6.04. The largest absolute Gasteiger partial charge is 0.496 e. The molecule has 2 aliphatic rings. The molecule has 28 heavy (non-hydrogen) atoms. The standard InChI is InChI=1S/C23H27NO4/c1-27-20-9-8-16(13-21(25)26)12-19(20)18-14-23(28-15-18)10-5-11-24-22(23)17-6-3-2-4-7-17/h2-4,6-9,12,18,22,24H,5,10-11,13-15H2,1H3,(H,25,26). The Bertz CT molecular complexity index is 838. The first-order valence-electron chi connectivity index (χ1n) is 9.92. The topological polar surface area (TPSA) is 67.8 Å². The summed E-state index contributed by atoms with van der Waals surface area (Å²) in [6.07, 6.45) is 3.02. The van der Waals surface area contributed by atoms with Gasteiger partial charge in [0, 0.05) is 5.92 Å². The number of carbonyl (C=O) groups is 1. The van der Waals surface area contributed by atoms with Crippen LogP contribution >= 0.6 is 0 Å². The lowest BCUT2D eigenvalue weighted by molar-refractivity contribution is -0.136. The fourth-order valence-corrected chi connectivity index (χ4v) is 4.80. The Hall–Kier alpha value is -2.37. The van der Waals surface area contributed by atoms with Gasteiger partial charge in [0.15, 0.2) is 0 Å². The second kappa shape index (κ2) is 7.94. The summed E-state index contributed by atoms with van der Waals surface area (Å²) in [5, 5.41) is 12.8. The van der Waals surface area contributed by atoms with E-state index in [1.54, 1.807) is 7.11 Å². The highest BCUT2D eigenvalue weighted by molar-refractivity contribution is 5.70. The van der Waals surface area contributed by atoms with Crippen LogP contribution in [0, 0.1) is 0 Å². The van der Waals surface area contributed by atoms with Crippen LogP contribution in [0.25, 0.3) is 0 Å². The first-order valence-corrected chi connectivity index (χ1v) is 9.92. The average molecular weight is 381 g/mol. The molecule has 2 aliphatic heterocycles. The van der Waals surface area contributed by atoms with Gasteiger partial charge in [-0.05, 0) is 48.6 Å². The maximum atomic E-state index is 11.1. The highest BCUT2D eigenvalue weighted by Gasteiger charge is 2.49. The zero-order chi connectivity index (χ0) is 19.6. The van der Waals surface area contributed by atoms with E-state index in [-0.39, 0.29) is 24.0 Å². The number of methoxy groups -OCH3 is 1. The molecule has 3 unspecified atom stereocenters. The second-order valence-corrected chi connectivity index (χ2v) is 7.83. The molecule has 5 heteroatoms. The van der Waals surface area contributed by atoms with E-state index in [9.17, 15) is 4.79 Å². The van der Waals surface area contributed by atoms with Gasteiger partial charge in [-0.25, -0.2) is 0 Å². The number of benzene rings is 2. The van der Waals surface area contributed by atoms with Crippen molar-refractivity contribution in [1.29, 1.82) is 0 Å². The molecule has 4 rings (SSSR count). The summed E-state index contributed by atoms with van der Waals surface area (Å²) in [4.78, 5) is 11.1. The molecule has 3 atom stereocenters. The Morgan fingerprint density at radius 1 is 1.29 bits per heavy atom. The number of piperidine rings is 1. The molecular formula is C23H27NO4. The van der Waals surface area contributed by atoms with Gasteiger partial charge < -0.3 is 19.9 Å². The zero-order valence-corrected chi connectivity index (χ0v) is 16.2. The van der Waals surface area contributed by atoms with Gasteiger partial charge in [-0.3, -0.25) is 4.79 Å². The Morgan fingerprint density at radius 2 is 2.11 bits per heavy atom. The molecule has 5 nitrogen and oxygen atoms in total. The molecule has 0 radical (unpaired) electrons. The van der Waals surface area contributed by atoms with E-state index in [4.69, 9.17) is 14.6 Å². The lowest BCUT2D eigenvalue weighted by Crippen LogP contribution is -2.48. The summed E-state index contributed by atoms with van der Waals surface area (Å²) in [7, 11) is 1.66. The zero-order valence-electron chi connectivity index (χ0n) is 16.2. The van der Waals surface area contributed by atoms with Gasteiger partial charge in [0.2, 0.25) is 0 Å². The number of rotatable bonds is 5. The molecule has 2 aromatic carbocycles. The molecule has 0 amide bonds. The van der Waals surface area contributed by atoms with Gasteiger partial charge in [0.05, 0.1) is 31.8 Å². The number of carboxylic acid groups (broad SMARTS) is 1. The van der Waals surface area contributed by atoms with E-state index < -0.39 is 5.97 Å². The Kier molecular flexibility index (Phi) is 5.38. The van der Waals surface area contributed by atoms with Crippen molar-refractivity contribution < 1.29 is 19.4 Å². The quantitative estimate of drug-likeness (QED) is 0.827. The van der Waals surface area contributed by atoms with Crippen molar-refractivity contribution in [2.75, 3.05) is 20.3 Å². The number of nitrogens with one attached hydrogen (secondary N) is 1. The maximum absolute atomic E-state index is 11.1. The third-order valence-corrected chi connectivity index (χ3v) is 6.04. The molecule has 1 spiro atoms. The predicted octanol–water partition coefficient (Wildman–Crippen LogP) is 3.69. The number of carboxylic acids is 1. The first-order chi connectivity index (χ1) is 13.6. The van der Waals surface area contributed by atoms with E-state index in [1.165, 1.54) is 5.56 Å². The van der Waals surface area contributed by atoms with Crippen molar-refractivity contribution in [2.45, 2.75) is 43.2 Å². The SMILES string of the molecule is COc1ccc(CC(=O)O)cc1C1COC2(CCCNC2c2ccccc2)C1. The molecule has 0 aromatic heterocycles. The normalized spacial score (nSPS) is 27.0. The monoisotopic (exact) mass is 381 g/mol. The van der Waals surface area contributed by atoms with Crippen LogP contribution in [0.1, 0.15) is 47.9 Å². The minimum Gasteiger partial charge on any atom is -0.496 e. The fraction of sp³-hybridized carbons (Fsp3) is 0.435. The smallest absolute Gasteiger partial charge is 0.307 e. The van der Waals surface area contributed by atoms with E-state index >= 15 is 0 Å². The Balaban J connectivity index is 1.63. The number of hydrogen-bond acceptors (Lipinski definition) is 4. The minimum absolute atomic E-state index is 0.0178. The summed E-state index contributed by atoms with van der Waals surface area (Å²) in [6, 6.07) is 16.4. The van der Waals surface area contributed by atoms with Crippen molar-refractivity contribution in [3.8, 4) is 5.75 Å². The lowest BCUT2D eigenvalue weighted by atomic mass is 9.76. The fourth-order valence-electron chi connectivity index (χ4n) is 4.80. The number of ether oxygens (including phenoxy) is 2. The van der Waals surface area contributed by atoms with Crippen LogP contribution in [-0.2, 0) is 16.0 Å². The number of aliphatic carboxylic acids is 1. The molecule has 0 aliphatic carbocycles. The molecule has 0 saturated carbocycles. The summed E-state index contributed by atoms with van der Waals surface area (Å²) in [6.45, 7) is 1.62. The van der Waals surface area contributed by atoms with Gasteiger partial charge in [0.25, 0.3) is 0 Å². The van der Waals surface area contributed by atoms with Gasteiger partial charge >= 0.3 is 5.97 Å². The average Bonchev–Trinajstić information content (AvgIpc) is 3.12. The lowest BCUT2D eigenvalue weighted by Gasteiger charge is -2.41. The van der Waals surface area contributed by atoms with Crippen LogP contribution in [0.4, 0.5) is 0 Å². The van der Waals surface area contributed by atoms with Crippen LogP contribution in [0.3, 0.4) is 0 Å². The van der Waals surface area contributed by atoms with E-state index in [0.717, 1.165) is 42.7 Å². The highest BCUT2D eigenvalue weighted by atomic mass is 16.5. The van der Waals surface area contributed by atoms with Gasteiger partial charge in [-0.15, -0.1) is 0 Å². The van der Waals surface area contributed by atoms with Gasteiger partial charge in [-0.2, -0.15) is 0 Å². The molecule has 2 saturated heterocycles. The van der Waals surface area contributed by atoms with Crippen molar-refractivity contribution >= 4 is 5.97 Å². The van der Waals surface area contributed by atoms with Crippen LogP contribution in [0.2, 0.25) is 0 Å². The van der Waals surface area contributed by atoms with Crippen LogP contribution in [-0.4, -0.2) is 36.9 Å². The number of hydrogen-bond donors (Lipinski definition) is 2. The van der Waals surface area contributed by atoms with Crippen LogP contribution < -0.4 is 10.1 Å². The summed E-state index contributed by atoms with van der Waals surface area (Å²) < 4.78 is 12.1. The molecule has 2 heterocycles. The van der Waals surface area contributed by atoms with Gasteiger partial charge in [-0.1, -0.05) is 42.5 Å². The third kappa shape index (κ3) is 3.64. The predicted molar refractivity (Wildman–Crippen MR) is 107 cm³/mol. The maximum Gasteiger partial charge on any atom is 0.307 e. The molecular weight excluding hydrogens is 354 g/mol. The van der Waals surface area contributed by atoms with E-state index in [2.05, 4.69) is 29.6 Å². The van der Waals surface area contributed by atoms with Crippen molar-refractivity contribution in [3.05, 3.63) is 65.2 Å². The molecule has 148 valence electrons. The first kappa shape index (κ1) is 19.0. The molecule has 2 N–H and O–H groups in total. The summed E-state index contributed by atoms with van der Waals surface area (Å²) >= 11 is 0. The molecule has 0 bridgehead atoms. The van der Waals surface area contributed by atoms with Crippen molar-refractivity contribution in [2.24, 2.45) is 0 Å².